The Bertz CT molecular complexity index is 780. The summed E-state index contributed by atoms with van der Waals surface area (Å²) >= 11 is 6.08. The van der Waals surface area contributed by atoms with Crippen molar-refractivity contribution in [3.63, 3.8) is 0 Å². The van der Waals surface area contributed by atoms with E-state index in [9.17, 15) is 9.90 Å². The van der Waals surface area contributed by atoms with Gasteiger partial charge in [0.25, 0.3) is 0 Å². The molecule has 0 saturated heterocycles. The van der Waals surface area contributed by atoms with E-state index >= 15 is 0 Å². The van der Waals surface area contributed by atoms with Crippen LogP contribution in [0.1, 0.15) is 25.7 Å². The molecule has 3 aliphatic carbocycles. The van der Waals surface area contributed by atoms with Crippen molar-refractivity contribution in [1.29, 1.82) is 0 Å². The van der Waals surface area contributed by atoms with Crippen LogP contribution in [-0.2, 0) is 4.79 Å². The van der Waals surface area contributed by atoms with Gasteiger partial charge in [-0.05, 0) is 49.1 Å². The SMILES string of the molecule is O=C(O)C1C2CCC(CC2)C1Nc1cc(-c2cncnc2)nc(Cl)n1. The number of aromatic nitrogens is 4. The fourth-order valence-corrected chi connectivity index (χ4v) is 4.44. The minimum absolute atomic E-state index is 0.108. The Kier molecular flexibility index (Phi) is 4.25. The summed E-state index contributed by atoms with van der Waals surface area (Å²) in [7, 11) is 0. The molecule has 2 unspecified atom stereocenters. The van der Waals surface area contributed by atoms with E-state index in [1.54, 1.807) is 18.5 Å². The highest BCUT2D eigenvalue weighted by atomic mass is 35.5. The van der Waals surface area contributed by atoms with Crippen molar-refractivity contribution in [2.24, 2.45) is 17.8 Å². The smallest absolute Gasteiger partial charge is 0.308 e. The van der Waals surface area contributed by atoms with Crippen molar-refractivity contribution in [2.45, 2.75) is 31.7 Å². The molecule has 0 aromatic carbocycles. The van der Waals surface area contributed by atoms with Crippen LogP contribution in [0.4, 0.5) is 5.82 Å². The van der Waals surface area contributed by atoms with Crippen LogP contribution in [0.5, 0.6) is 0 Å². The molecule has 25 heavy (non-hydrogen) atoms. The lowest BCUT2D eigenvalue weighted by Gasteiger charge is -2.47. The van der Waals surface area contributed by atoms with E-state index in [1.165, 1.54) is 6.33 Å². The van der Waals surface area contributed by atoms with Crippen LogP contribution in [-0.4, -0.2) is 37.1 Å². The maximum atomic E-state index is 11.8. The van der Waals surface area contributed by atoms with Gasteiger partial charge in [0.05, 0.1) is 11.6 Å². The maximum Gasteiger partial charge on any atom is 0.308 e. The predicted molar refractivity (Wildman–Crippen MR) is 92.1 cm³/mol. The quantitative estimate of drug-likeness (QED) is 0.809. The standard InChI is InChI=1S/C17H18ClN5O2/c18-17-21-12(11-6-19-8-20-7-11)5-13(23-17)22-15-10-3-1-9(2-4-10)14(15)16(24)25/h5-10,14-15H,1-4H2,(H,24,25)(H,21,22,23). The number of aliphatic carboxylic acids is 1. The van der Waals surface area contributed by atoms with Crippen molar-refractivity contribution in [3.05, 3.63) is 30.1 Å². The molecule has 2 heterocycles. The van der Waals surface area contributed by atoms with E-state index < -0.39 is 5.97 Å². The molecule has 2 N–H and O–H groups in total. The molecule has 8 heteroatoms. The van der Waals surface area contributed by atoms with E-state index in [-0.39, 0.29) is 23.2 Å². The molecule has 7 nitrogen and oxygen atoms in total. The number of hydrogen-bond acceptors (Lipinski definition) is 6. The summed E-state index contributed by atoms with van der Waals surface area (Å²) in [5.41, 5.74) is 1.34. The van der Waals surface area contributed by atoms with Crippen LogP contribution in [0.2, 0.25) is 5.28 Å². The van der Waals surface area contributed by atoms with Crippen molar-refractivity contribution in [3.8, 4) is 11.3 Å². The number of rotatable bonds is 4. The number of carboxylic acids is 1. The Labute approximate surface area is 149 Å². The Morgan fingerprint density at radius 1 is 1.12 bits per heavy atom. The maximum absolute atomic E-state index is 11.8. The van der Waals surface area contributed by atoms with Crippen LogP contribution in [0.15, 0.2) is 24.8 Å². The van der Waals surface area contributed by atoms with Gasteiger partial charge in [0.1, 0.15) is 12.1 Å². The monoisotopic (exact) mass is 359 g/mol. The van der Waals surface area contributed by atoms with Crippen LogP contribution in [0.25, 0.3) is 11.3 Å². The zero-order valence-electron chi connectivity index (χ0n) is 13.5. The Morgan fingerprint density at radius 3 is 2.48 bits per heavy atom. The lowest BCUT2D eigenvalue weighted by Crippen LogP contribution is -2.51. The Balaban J connectivity index is 1.64. The van der Waals surface area contributed by atoms with Gasteiger partial charge in [0, 0.05) is 30.1 Å². The van der Waals surface area contributed by atoms with E-state index in [2.05, 4.69) is 25.3 Å². The summed E-state index contributed by atoms with van der Waals surface area (Å²) in [6.07, 6.45) is 8.86. The van der Waals surface area contributed by atoms with Gasteiger partial charge in [0.2, 0.25) is 5.28 Å². The first-order valence-electron chi connectivity index (χ1n) is 8.41. The first-order valence-corrected chi connectivity index (χ1v) is 8.79. The molecule has 5 rings (SSSR count). The van der Waals surface area contributed by atoms with E-state index in [4.69, 9.17) is 11.6 Å². The molecule has 0 amide bonds. The molecule has 2 aromatic rings. The van der Waals surface area contributed by atoms with E-state index in [0.717, 1.165) is 31.2 Å². The second-order valence-electron chi connectivity index (χ2n) is 6.74. The summed E-state index contributed by atoms with van der Waals surface area (Å²) in [5, 5.41) is 13.1. The lowest BCUT2D eigenvalue weighted by atomic mass is 9.61. The van der Waals surface area contributed by atoms with Gasteiger partial charge in [-0.25, -0.2) is 19.9 Å². The summed E-state index contributed by atoms with van der Waals surface area (Å²) in [4.78, 5) is 28.2. The molecule has 0 aliphatic heterocycles. The van der Waals surface area contributed by atoms with Gasteiger partial charge in [-0.1, -0.05) is 0 Å². The van der Waals surface area contributed by atoms with Crippen LogP contribution < -0.4 is 5.32 Å². The van der Waals surface area contributed by atoms with Crippen molar-refractivity contribution in [2.75, 3.05) is 5.32 Å². The molecular formula is C17H18ClN5O2. The zero-order valence-corrected chi connectivity index (χ0v) is 14.2. The minimum atomic E-state index is -0.733. The second-order valence-corrected chi connectivity index (χ2v) is 7.08. The molecule has 3 aliphatic rings. The molecule has 0 radical (unpaired) electrons. The number of nitrogens with one attached hydrogen (secondary N) is 1. The van der Waals surface area contributed by atoms with Gasteiger partial charge in [0.15, 0.2) is 0 Å². The fourth-order valence-electron chi connectivity index (χ4n) is 4.25. The molecule has 0 spiro atoms. The highest BCUT2D eigenvalue weighted by molar-refractivity contribution is 6.28. The van der Waals surface area contributed by atoms with Crippen LogP contribution in [0.3, 0.4) is 0 Å². The Hall–Kier alpha value is -2.28. The van der Waals surface area contributed by atoms with Crippen molar-refractivity contribution >= 4 is 23.4 Å². The predicted octanol–water partition coefficient (Wildman–Crippen LogP) is 2.89. The summed E-state index contributed by atoms with van der Waals surface area (Å²) in [6.45, 7) is 0. The number of carbonyl (C=O) groups is 1. The minimum Gasteiger partial charge on any atom is -0.481 e. The van der Waals surface area contributed by atoms with Gasteiger partial charge in [-0.2, -0.15) is 0 Å². The largest absolute Gasteiger partial charge is 0.481 e. The number of anilines is 1. The van der Waals surface area contributed by atoms with Crippen LogP contribution >= 0.6 is 11.6 Å². The topological polar surface area (TPSA) is 101 Å². The third-order valence-corrected chi connectivity index (χ3v) is 5.54. The number of halogens is 1. The van der Waals surface area contributed by atoms with E-state index in [1.807, 2.05) is 0 Å². The number of fused-ring (bicyclic) bond motifs is 3. The third-order valence-electron chi connectivity index (χ3n) is 5.37. The first-order chi connectivity index (χ1) is 12.1. The lowest BCUT2D eigenvalue weighted by molar-refractivity contribution is -0.148. The van der Waals surface area contributed by atoms with E-state index in [0.29, 0.717) is 17.4 Å². The van der Waals surface area contributed by atoms with Gasteiger partial charge in [-0.3, -0.25) is 4.79 Å². The summed E-state index contributed by atoms with van der Waals surface area (Å²) < 4.78 is 0. The molecule has 3 fully saturated rings. The highest BCUT2D eigenvalue weighted by Crippen LogP contribution is 2.46. The van der Waals surface area contributed by atoms with Crippen molar-refractivity contribution in [1.82, 2.24) is 19.9 Å². The third kappa shape index (κ3) is 3.16. The normalized spacial score (nSPS) is 27.9. The molecular weight excluding hydrogens is 342 g/mol. The fraction of sp³-hybridized carbons (Fsp3) is 0.471. The molecule has 2 bridgehead atoms. The average molecular weight is 360 g/mol. The van der Waals surface area contributed by atoms with Gasteiger partial charge in [-0.15, -0.1) is 0 Å². The van der Waals surface area contributed by atoms with Gasteiger partial charge < -0.3 is 10.4 Å². The molecule has 130 valence electrons. The zero-order chi connectivity index (χ0) is 17.4. The second kappa shape index (κ2) is 6.55. The molecule has 2 aromatic heterocycles. The average Bonchev–Trinajstić information content (AvgIpc) is 2.62. The summed E-state index contributed by atoms with van der Waals surface area (Å²) in [5.74, 6) is 0.0128. The molecule has 2 atom stereocenters. The Morgan fingerprint density at radius 2 is 1.80 bits per heavy atom. The van der Waals surface area contributed by atoms with Gasteiger partial charge >= 0.3 is 5.97 Å². The number of carboxylic acid groups (broad SMARTS) is 1. The number of nitrogens with zero attached hydrogens (tertiary/aromatic N) is 4. The first kappa shape index (κ1) is 16.2. The number of hydrogen-bond donors (Lipinski definition) is 2. The molecule has 3 saturated carbocycles. The highest BCUT2D eigenvalue weighted by Gasteiger charge is 2.47. The van der Waals surface area contributed by atoms with Crippen LogP contribution in [0, 0.1) is 17.8 Å². The van der Waals surface area contributed by atoms with Crippen molar-refractivity contribution < 1.29 is 9.90 Å². The summed E-state index contributed by atoms with van der Waals surface area (Å²) in [6, 6.07) is 1.64.